The lowest BCUT2D eigenvalue weighted by atomic mass is 9.96. The van der Waals surface area contributed by atoms with Crippen LogP contribution >= 0.6 is 11.6 Å². The van der Waals surface area contributed by atoms with Gasteiger partial charge in [0.05, 0.1) is 28.0 Å². The second-order valence-corrected chi connectivity index (χ2v) is 10.9. The average molecular weight is 513 g/mol. The van der Waals surface area contributed by atoms with Gasteiger partial charge in [-0.15, -0.1) is 0 Å². The third-order valence-electron chi connectivity index (χ3n) is 6.18. The van der Waals surface area contributed by atoms with Gasteiger partial charge in [-0.25, -0.2) is 8.42 Å². The van der Waals surface area contributed by atoms with Crippen LogP contribution < -0.4 is 20.7 Å². The van der Waals surface area contributed by atoms with E-state index in [1.807, 2.05) is 36.4 Å². The summed E-state index contributed by atoms with van der Waals surface area (Å²) in [6, 6.07) is 19.4. The van der Waals surface area contributed by atoms with E-state index in [1.165, 1.54) is 10.4 Å². The SMILES string of the molecule is CN1c2ccccc2C(NCCCCCC(=O)Nc2ccccc2N)c2ccc(Cl)cc2S1(=O)=O. The van der Waals surface area contributed by atoms with Gasteiger partial charge in [-0.1, -0.05) is 54.4 Å². The third kappa shape index (κ3) is 5.45. The van der Waals surface area contributed by atoms with Crippen molar-refractivity contribution in [1.29, 1.82) is 0 Å². The van der Waals surface area contributed by atoms with Crippen molar-refractivity contribution < 1.29 is 13.2 Å². The van der Waals surface area contributed by atoms with E-state index in [4.69, 9.17) is 17.3 Å². The largest absolute Gasteiger partial charge is 0.397 e. The number of rotatable bonds is 8. The van der Waals surface area contributed by atoms with Gasteiger partial charge in [0.15, 0.2) is 0 Å². The number of nitrogens with one attached hydrogen (secondary N) is 2. The van der Waals surface area contributed by atoms with Gasteiger partial charge < -0.3 is 16.4 Å². The maximum absolute atomic E-state index is 13.3. The van der Waals surface area contributed by atoms with Crippen LogP contribution in [0.4, 0.5) is 17.1 Å². The Kier molecular flexibility index (Phi) is 7.64. The molecule has 1 heterocycles. The molecule has 1 aliphatic rings. The highest BCUT2D eigenvalue weighted by Crippen LogP contribution is 2.40. The van der Waals surface area contributed by atoms with E-state index in [9.17, 15) is 13.2 Å². The molecule has 7 nitrogen and oxygen atoms in total. The van der Waals surface area contributed by atoms with Crippen molar-refractivity contribution in [3.63, 3.8) is 0 Å². The van der Waals surface area contributed by atoms with E-state index in [0.717, 1.165) is 24.8 Å². The summed E-state index contributed by atoms with van der Waals surface area (Å²) in [6.45, 7) is 0.665. The molecule has 1 unspecified atom stereocenters. The maximum atomic E-state index is 13.3. The normalized spacial score (nSPS) is 16.2. The van der Waals surface area contributed by atoms with Crippen molar-refractivity contribution in [2.24, 2.45) is 0 Å². The molecule has 0 fully saturated rings. The number of fused-ring (bicyclic) bond motifs is 2. The highest BCUT2D eigenvalue weighted by Gasteiger charge is 2.34. The Morgan fingerprint density at radius 2 is 1.74 bits per heavy atom. The van der Waals surface area contributed by atoms with Gasteiger partial charge >= 0.3 is 0 Å². The van der Waals surface area contributed by atoms with Gasteiger partial charge in [-0.2, -0.15) is 0 Å². The van der Waals surface area contributed by atoms with E-state index < -0.39 is 10.0 Å². The lowest BCUT2D eigenvalue weighted by Crippen LogP contribution is -2.26. The molecule has 4 rings (SSSR count). The molecule has 0 saturated heterocycles. The smallest absolute Gasteiger partial charge is 0.264 e. The number of amides is 1. The molecule has 1 atom stereocenters. The summed E-state index contributed by atoms with van der Waals surface area (Å²) in [5.41, 5.74) is 9.24. The minimum atomic E-state index is -3.75. The van der Waals surface area contributed by atoms with Crippen LogP contribution in [0.15, 0.2) is 71.6 Å². The number of nitrogens with zero attached hydrogens (tertiary/aromatic N) is 1. The van der Waals surface area contributed by atoms with Crippen molar-refractivity contribution in [3.8, 4) is 0 Å². The van der Waals surface area contributed by atoms with Crippen molar-refractivity contribution in [2.75, 3.05) is 28.9 Å². The molecule has 0 aliphatic carbocycles. The number of sulfonamides is 1. The quantitative estimate of drug-likeness (QED) is 0.293. The second-order valence-electron chi connectivity index (χ2n) is 8.55. The number of anilines is 3. The molecule has 1 amide bonds. The van der Waals surface area contributed by atoms with Crippen molar-refractivity contribution >= 4 is 44.6 Å². The molecule has 0 saturated carbocycles. The Bertz CT molecular complexity index is 1330. The molecule has 3 aromatic rings. The van der Waals surface area contributed by atoms with Gasteiger partial charge in [0.1, 0.15) is 0 Å². The predicted octanol–water partition coefficient (Wildman–Crippen LogP) is 4.94. The number of para-hydroxylation sites is 3. The van der Waals surface area contributed by atoms with E-state index in [2.05, 4.69) is 10.6 Å². The van der Waals surface area contributed by atoms with Crippen LogP contribution in [0, 0.1) is 0 Å². The maximum Gasteiger partial charge on any atom is 0.264 e. The summed E-state index contributed by atoms with van der Waals surface area (Å²) in [7, 11) is -2.18. The zero-order valence-electron chi connectivity index (χ0n) is 19.5. The number of carbonyl (C=O) groups excluding carboxylic acids is 1. The summed E-state index contributed by atoms with van der Waals surface area (Å²) >= 11 is 6.17. The summed E-state index contributed by atoms with van der Waals surface area (Å²) in [5.74, 6) is -0.0624. The second kappa shape index (κ2) is 10.7. The first-order chi connectivity index (χ1) is 16.8. The van der Waals surface area contributed by atoms with Crippen LogP contribution in [0.5, 0.6) is 0 Å². The zero-order chi connectivity index (χ0) is 25.0. The third-order valence-corrected chi connectivity index (χ3v) is 8.24. The fourth-order valence-corrected chi connectivity index (χ4v) is 6.03. The molecule has 0 radical (unpaired) electrons. The minimum Gasteiger partial charge on any atom is -0.397 e. The van der Waals surface area contributed by atoms with Crippen LogP contribution in [0.25, 0.3) is 0 Å². The number of unbranched alkanes of at least 4 members (excludes halogenated alkanes) is 2. The number of benzene rings is 3. The molecule has 35 heavy (non-hydrogen) atoms. The minimum absolute atomic E-state index is 0.0624. The Labute approximate surface area is 211 Å². The highest BCUT2D eigenvalue weighted by atomic mass is 35.5. The Balaban J connectivity index is 1.40. The van der Waals surface area contributed by atoms with Gasteiger partial charge in [0.2, 0.25) is 5.91 Å². The molecule has 3 aromatic carbocycles. The lowest BCUT2D eigenvalue weighted by Gasteiger charge is -2.22. The molecule has 9 heteroatoms. The van der Waals surface area contributed by atoms with Gasteiger partial charge in [0.25, 0.3) is 10.0 Å². The molecule has 0 aromatic heterocycles. The van der Waals surface area contributed by atoms with Crippen LogP contribution in [0.3, 0.4) is 0 Å². The van der Waals surface area contributed by atoms with E-state index in [0.29, 0.717) is 40.6 Å². The first kappa shape index (κ1) is 25.0. The Morgan fingerprint density at radius 3 is 2.54 bits per heavy atom. The number of nitrogen functional groups attached to an aromatic ring is 1. The number of nitrogens with two attached hydrogens (primary N) is 1. The fraction of sp³-hybridized carbons (Fsp3) is 0.269. The first-order valence-electron chi connectivity index (χ1n) is 11.5. The van der Waals surface area contributed by atoms with Crippen LogP contribution in [-0.2, 0) is 14.8 Å². The molecular weight excluding hydrogens is 484 g/mol. The summed E-state index contributed by atoms with van der Waals surface area (Å²) in [4.78, 5) is 12.4. The van der Waals surface area contributed by atoms with Gasteiger partial charge in [0, 0.05) is 18.5 Å². The molecule has 0 spiro atoms. The number of hydrogen-bond donors (Lipinski definition) is 3. The highest BCUT2D eigenvalue weighted by molar-refractivity contribution is 7.92. The number of hydrogen-bond acceptors (Lipinski definition) is 5. The van der Waals surface area contributed by atoms with Crippen molar-refractivity contribution in [3.05, 3.63) is 82.9 Å². The predicted molar refractivity (Wildman–Crippen MR) is 141 cm³/mol. The van der Waals surface area contributed by atoms with Crippen molar-refractivity contribution in [2.45, 2.75) is 36.6 Å². The van der Waals surface area contributed by atoms with Crippen LogP contribution in [-0.4, -0.2) is 27.9 Å². The van der Waals surface area contributed by atoms with E-state index in [1.54, 1.807) is 31.3 Å². The molecule has 184 valence electrons. The number of halogens is 1. The molecular formula is C26H29ClN4O3S. The van der Waals surface area contributed by atoms with Crippen molar-refractivity contribution in [1.82, 2.24) is 5.32 Å². The van der Waals surface area contributed by atoms with Crippen LogP contribution in [0.1, 0.15) is 42.9 Å². The van der Waals surface area contributed by atoms with Gasteiger partial charge in [-0.3, -0.25) is 9.10 Å². The first-order valence-corrected chi connectivity index (χ1v) is 13.4. The fourth-order valence-electron chi connectivity index (χ4n) is 4.31. The van der Waals surface area contributed by atoms with E-state index >= 15 is 0 Å². The Hall–Kier alpha value is -3.07. The topological polar surface area (TPSA) is 105 Å². The Morgan fingerprint density at radius 1 is 1.00 bits per heavy atom. The molecule has 4 N–H and O–H groups in total. The summed E-state index contributed by atoms with van der Waals surface area (Å²) in [6.07, 6.45) is 2.84. The van der Waals surface area contributed by atoms with Gasteiger partial charge in [-0.05, 0) is 60.8 Å². The average Bonchev–Trinajstić information content (AvgIpc) is 2.90. The number of carbonyl (C=O) groups is 1. The van der Waals surface area contributed by atoms with Crippen LogP contribution in [0.2, 0.25) is 5.02 Å². The summed E-state index contributed by atoms with van der Waals surface area (Å²) in [5, 5.41) is 6.76. The zero-order valence-corrected chi connectivity index (χ0v) is 21.1. The summed E-state index contributed by atoms with van der Waals surface area (Å²) < 4.78 is 27.9. The lowest BCUT2D eigenvalue weighted by molar-refractivity contribution is -0.116. The molecule has 1 aliphatic heterocycles. The monoisotopic (exact) mass is 512 g/mol. The standard InChI is InChI=1S/C26H29ClN4O3S/c1-31-23-12-7-4-9-19(23)26(20-15-14-18(27)17-24(20)35(31,33)34)29-16-8-2-3-13-25(32)30-22-11-6-5-10-21(22)28/h4-7,9-12,14-15,17,26,29H,2-3,8,13,16,28H2,1H3,(H,30,32). The molecule has 0 bridgehead atoms. The van der Waals surface area contributed by atoms with E-state index in [-0.39, 0.29) is 16.8 Å².